The molecular weight excluding hydrogens is 319 g/mol. The van der Waals surface area contributed by atoms with Crippen molar-refractivity contribution in [2.75, 3.05) is 0 Å². The predicted octanol–water partition coefficient (Wildman–Crippen LogP) is 2.02. The molecule has 0 aliphatic rings. The number of rotatable bonds is 4. The van der Waals surface area contributed by atoms with E-state index in [1.807, 2.05) is 30.3 Å². The average Bonchev–Trinajstić information content (AvgIpc) is 2.58. The summed E-state index contributed by atoms with van der Waals surface area (Å²) in [7, 11) is 0. The standard InChI is InChI=1S/C19H15AsO/c21-15-16-9-7-8-14-19(16)20(17-10-3-1-4-11-17)18-12-5-2-6-13-18/h1-15H. The van der Waals surface area contributed by atoms with Gasteiger partial charge in [0.05, 0.1) is 0 Å². The van der Waals surface area contributed by atoms with Gasteiger partial charge in [-0.05, 0) is 0 Å². The molecule has 3 aromatic carbocycles. The number of hydrogen-bond acceptors (Lipinski definition) is 1. The zero-order valence-corrected chi connectivity index (χ0v) is 13.4. The van der Waals surface area contributed by atoms with Gasteiger partial charge in [0.1, 0.15) is 0 Å². The summed E-state index contributed by atoms with van der Waals surface area (Å²) in [5.74, 6) is 0. The third-order valence-corrected chi connectivity index (χ3v) is 8.62. The fraction of sp³-hybridized carbons (Fsp3) is 0. The Labute approximate surface area is 129 Å². The normalized spacial score (nSPS) is 10.5. The van der Waals surface area contributed by atoms with Crippen LogP contribution in [0.1, 0.15) is 10.4 Å². The number of aldehydes is 1. The van der Waals surface area contributed by atoms with Crippen molar-refractivity contribution in [3.05, 3.63) is 90.5 Å². The molecule has 2 heteroatoms. The van der Waals surface area contributed by atoms with Crippen LogP contribution in [-0.2, 0) is 0 Å². The van der Waals surface area contributed by atoms with Crippen LogP contribution in [0.4, 0.5) is 0 Å². The summed E-state index contributed by atoms with van der Waals surface area (Å²) in [6.07, 6.45) is 0.975. The second-order valence-corrected chi connectivity index (χ2v) is 9.27. The van der Waals surface area contributed by atoms with Gasteiger partial charge in [0.2, 0.25) is 0 Å². The van der Waals surface area contributed by atoms with Gasteiger partial charge in [-0.15, -0.1) is 0 Å². The summed E-state index contributed by atoms with van der Waals surface area (Å²) < 4.78 is 3.87. The Morgan fingerprint density at radius 2 is 1.10 bits per heavy atom. The molecular formula is C19H15AsO. The third-order valence-electron chi connectivity index (χ3n) is 3.33. The second-order valence-electron chi connectivity index (χ2n) is 4.68. The molecule has 0 saturated heterocycles. The number of hydrogen-bond donors (Lipinski definition) is 0. The molecule has 0 aliphatic heterocycles. The maximum absolute atomic E-state index is 11.4. The van der Waals surface area contributed by atoms with Gasteiger partial charge in [0.25, 0.3) is 0 Å². The fourth-order valence-corrected chi connectivity index (χ4v) is 7.44. The summed E-state index contributed by atoms with van der Waals surface area (Å²) in [5.41, 5.74) is 0.810. The first kappa shape index (κ1) is 13.9. The summed E-state index contributed by atoms with van der Waals surface area (Å²) in [6.45, 7) is 0. The van der Waals surface area contributed by atoms with Crippen LogP contribution >= 0.6 is 0 Å². The van der Waals surface area contributed by atoms with E-state index in [1.54, 1.807) is 0 Å². The van der Waals surface area contributed by atoms with Gasteiger partial charge in [0.15, 0.2) is 0 Å². The topological polar surface area (TPSA) is 17.1 Å². The van der Waals surface area contributed by atoms with Crippen molar-refractivity contribution in [1.29, 1.82) is 0 Å². The first-order valence-corrected chi connectivity index (χ1v) is 9.66. The zero-order chi connectivity index (χ0) is 14.5. The van der Waals surface area contributed by atoms with E-state index in [2.05, 4.69) is 54.6 Å². The summed E-state index contributed by atoms with van der Waals surface area (Å²) in [6, 6.07) is 29.0. The molecule has 0 radical (unpaired) electrons. The van der Waals surface area contributed by atoms with E-state index in [1.165, 1.54) is 13.1 Å². The van der Waals surface area contributed by atoms with Crippen molar-refractivity contribution in [2.24, 2.45) is 0 Å². The molecule has 0 bridgehead atoms. The Bertz CT molecular complexity index is 683. The van der Waals surface area contributed by atoms with Gasteiger partial charge in [-0.25, -0.2) is 0 Å². The van der Waals surface area contributed by atoms with Gasteiger partial charge in [-0.2, -0.15) is 0 Å². The van der Waals surface area contributed by atoms with E-state index in [9.17, 15) is 4.79 Å². The van der Waals surface area contributed by atoms with Crippen molar-refractivity contribution in [2.45, 2.75) is 0 Å². The molecule has 0 unspecified atom stereocenters. The molecule has 0 amide bonds. The van der Waals surface area contributed by atoms with E-state index in [-0.39, 0.29) is 0 Å². The van der Waals surface area contributed by atoms with Crippen molar-refractivity contribution in [1.82, 2.24) is 0 Å². The molecule has 0 aromatic heterocycles. The molecule has 0 heterocycles. The van der Waals surface area contributed by atoms with Crippen LogP contribution in [0.3, 0.4) is 0 Å². The minimum atomic E-state index is -1.68. The van der Waals surface area contributed by atoms with E-state index in [0.717, 1.165) is 11.8 Å². The molecule has 3 aromatic rings. The molecule has 0 atom stereocenters. The Morgan fingerprint density at radius 1 is 0.619 bits per heavy atom. The number of carbonyl (C=O) groups is 1. The molecule has 3 rings (SSSR count). The first-order chi connectivity index (χ1) is 10.4. The van der Waals surface area contributed by atoms with Crippen LogP contribution in [0.15, 0.2) is 84.9 Å². The fourth-order valence-electron chi connectivity index (χ4n) is 2.37. The number of carbonyl (C=O) groups excluding carboxylic acids is 1. The monoisotopic (exact) mass is 334 g/mol. The Balaban J connectivity index is 2.20. The van der Waals surface area contributed by atoms with Gasteiger partial charge in [-0.1, -0.05) is 0 Å². The van der Waals surface area contributed by atoms with Gasteiger partial charge < -0.3 is 0 Å². The van der Waals surface area contributed by atoms with Gasteiger partial charge >= 0.3 is 129 Å². The molecule has 1 nitrogen and oxygen atoms in total. The van der Waals surface area contributed by atoms with Crippen LogP contribution in [0.2, 0.25) is 0 Å². The van der Waals surface area contributed by atoms with Crippen LogP contribution in [0.25, 0.3) is 0 Å². The van der Waals surface area contributed by atoms with Crippen LogP contribution in [0, 0.1) is 0 Å². The SMILES string of the molecule is O=Cc1ccccc1[As](c1ccccc1)c1ccccc1. The van der Waals surface area contributed by atoms with Crippen molar-refractivity contribution >= 4 is 34.0 Å². The Morgan fingerprint density at radius 3 is 1.62 bits per heavy atom. The van der Waals surface area contributed by atoms with Crippen molar-refractivity contribution in [3.8, 4) is 0 Å². The minimum absolute atomic E-state index is 0.810. The third kappa shape index (κ3) is 2.99. The van der Waals surface area contributed by atoms with Gasteiger partial charge in [-0.3, -0.25) is 0 Å². The summed E-state index contributed by atoms with van der Waals surface area (Å²) >= 11 is -1.68. The summed E-state index contributed by atoms with van der Waals surface area (Å²) in [4.78, 5) is 11.4. The Hall–Kier alpha value is -2.11. The maximum atomic E-state index is 11.4. The average molecular weight is 334 g/mol. The van der Waals surface area contributed by atoms with Crippen LogP contribution in [-0.4, -0.2) is 20.9 Å². The summed E-state index contributed by atoms with van der Waals surface area (Å²) in [5, 5.41) is 0. The predicted molar refractivity (Wildman–Crippen MR) is 89.4 cm³/mol. The van der Waals surface area contributed by atoms with Gasteiger partial charge in [0, 0.05) is 0 Å². The van der Waals surface area contributed by atoms with E-state index in [0.29, 0.717) is 0 Å². The van der Waals surface area contributed by atoms with E-state index in [4.69, 9.17) is 0 Å². The quantitative estimate of drug-likeness (QED) is 0.527. The molecule has 102 valence electrons. The molecule has 0 spiro atoms. The van der Waals surface area contributed by atoms with E-state index < -0.39 is 14.7 Å². The molecule has 21 heavy (non-hydrogen) atoms. The van der Waals surface area contributed by atoms with Crippen molar-refractivity contribution in [3.63, 3.8) is 0 Å². The second kappa shape index (κ2) is 6.56. The van der Waals surface area contributed by atoms with Crippen LogP contribution in [0.5, 0.6) is 0 Å². The van der Waals surface area contributed by atoms with Crippen LogP contribution < -0.4 is 13.1 Å². The first-order valence-electron chi connectivity index (χ1n) is 6.84. The van der Waals surface area contributed by atoms with E-state index >= 15 is 0 Å². The Kier molecular flexibility index (Phi) is 4.33. The molecule has 0 fully saturated rings. The van der Waals surface area contributed by atoms with Crippen molar-refractivity contribution < 1.29 is 4.79 Å². The number of benzene rings is 3. The molecule has 0 saturated carbocycles. The molecule has 0 aliphatic carbocycles. The molecule has 0 N–H and O–H groups in total. The zero-order valence-electron chi connectivity index (χ0n) is 11.5.